The number of nitrogens with one attached hydrogen (secondary N) is 1. The summed E-state index contributed by atoms with van der Waals surface area (Å²) < 4.78 is 5.44. The minimum absolute atomic E-state index is 0.537. The molecule has 1 aromatic rings. The molecule has 0 radical (unpaired) electrons. The molecule has 0 saturated heterocycles. The Bertz CT molecular complexity index is 454. The summed E-state index contributed by atoms with van der Waals surface area (Å²) in [6.45, 7) is 4.35. The Morgan fingerprint density at radius 3 is 2.75 bits per heavy atom. The zero-order chi connectivity index (χ0) is 13.9. The van der Waals surface area contributed by atoms with Crippen LogP contribution in [0.1, 0.15) is 44.6 Å². The lowest BCUT2D eigenvalue weighted by atomic mass is 9.93. The van der Waals surface area contributed by atoms with Gasteiger partial charge in [0.05, 0.1) is 7.11 Å². The SMILES string of the molecule is COc1ccc2c(c1)N(C1CCCCC1)CC(C)NC2. The van der Waals surface area contributed by atoms with Crippen molar-refractivity contribution in [2.24, 2.45) is 0 Å². The van der Waals surface area contributed by atoms with Crippen LogP contribution in [0.25, 0.3) is 0 Å². The molecule has 1 unspecified atom stereocenters. The van der Waals surface area contributed by atoms with Gasteiger partial charge in [0, 0.05) is 36.9 Å². The standard InChI is InChI=1S/C17H26N2O/c1-13-12-19(15-6-4-3-5-7-15)17-10-16(20-2)9-8-14(17)11-18-13/h8-10,13,15,18H,3-7,11-12H2,1-2H3. The average Bonchev–Trinajstić information content (AvgIpc) is 2.67. The summed E-state index contributed by atoms with van der Waals surface area (Å²) in [6, 6.07) is 7.76. The minimum atomic E-state index is 0.537. The van der Waals surface area contributed by atoms with Crippen LogP contribution in [0.2, 0.25) is 0 Å². The van der Waals surface area contributed by atoms with Crippen LogP contribution in [0, 0.1) is 0 Å². The first kappa shape index (κ1) is 13.7. The fraction of sp³-hybridized carbons (Fsp3) is 0.647. The smallest absolute Gasteiger partial charge is 0.120 e. The maximum atomic E-state index is 5.44. The average molecular weight is 274 g/mol. The third-order valence-corrected chi connectivity index (χ3v) is 4.73. The maximum absolute atomic E-state index is 5.44. The van der Waals surface area contributed by atoms with Crippen molar-refractivity contribution in [1.29, 1.82) is 0 Å². The van der Waals surface area contributed by atoms with Gasteiger partial charge < -0.3 is 15.0 Å². The monoisotopic (exact) mass is 274 g/mol. The molecule has 0 amide bonds. The molecule has 1 fully saturated rings. The lowest BCUT2D eigenvalue weighted by molar-refractivity contribution is 0.401. The van der Waals surface area contributed by atoms with Gasteiger partial charge in [-0.3, -0.25) is 0 Å². The van der Waals surface area contributed by atoms with Crippen LogP contribution >= 0.6 is 0 Å². The highest BCUT2D eigenvalue weighted by atomic mass is 16.5. The van der Waals surface area contributed by atoms with Crippen molar-refractivity contribution in [2.45, 2.75) is 57.7 Å². The molecule has 3 rings (SSSR count). The summed E-state index contributed by atoms with van der Waals surface area (Å²) in [5.41, 5.74) is 2.79. The predicted octanol–water partition coefficient (Wildman–Crippen LogP) is 3.33. The molecule has 2 aliphatic rings. The highest BCUT2D eigenvalue weighted by Crippen LogP contribution is 2.33. The molecule has 1 aliphatic carbocycles. The van der Waals surface area contributed by atoms with Crippen molar-refractivity contribution in [3.05, 3.63) is 23.8 Å². The Labute approximate surface area is 122 Å². The van der Waals surface area contributed by atoms with Crippen LogP contribution < -0.4 is 15.0 Å². The van der Waals surface area contributed by atoms with E-state index < -0.39 is 0 Å². The molecule has 1 atom stereocenters. The van der Waals surface area contributed by atoms with Gasteiger partial charge in [0.1, 0.15) is 5.75 Å². The number of hydrogen-bond acceptors (Lipinski definition) is 3. The molecule has 0 aromatic heterocycles. The summed E-state index contributed by atoms with van der Waals surface area (Å²) in [6.07, 6.45) is 6.83. The van der Waals surface area contributed by atoms with Gasteiger partial charge in [-0.25, -0.2) is 0 Å². The molecule has 1 saturated carbocycles. The van der Waals surface area contributed by atoms with Gasteiger partial charge in [0.25, 0.3) is 0 Å². The molecule has 3 nitrogen and oxygen atoms in total. The van der Waals surface area contributed by atoms with Crippen molar-refractivity contribution >= 4 is 5.69 Å². The number of rotatable bonds is 2. The van der Waals surface area contributed by atoms with E-state index in [4.69, 9.17) is 4.74 Å². The van der Waals surface area contributed by atoms with E-state index in [2.05, 4.69) is 35.3 Å². The predicted molar refractivity (Wildman–Crippen MR) is 83.5 cm³/mol. The summed E-state index contributed by atoms with van der Waals surface area (Å²) in [7, 11) is 1.75. The Morgan fingerprint density at radius 1 is 1.20 bits per heavy atom. The Hall–Kier alpha value is -1.22. The van der Waals surface area contributed by atoms with Crippen molar-refractivity contribution in [3.63, 3.8) is 0 Å². The van der Waals surface area contributed by atoms with Crippen LogP contribution in [0.3, 0.4) is 0 Å². The number of methoxy groups -OCH3 is 1. The van der Waals surface area contributed by atoms with E-state index in [-0.39, 0.29) is 0 Å². The van der Waals surface area contributed by atoms with E-state index in [1.54, 1.807) is 7.11 Å². The maximum Gasteiger partial charge on any atom is 0.120 e. The molecule has 0 spiro atoms. The first-order chi connectivity index (χ1) is 9.78. The second-order valence-corrected chi connectivity index (χ2v) is 6.22. The first-order valence-corrected chi connectivity index (χ1v) is 7.95. The van der Waals surface area contributed by atoms with E-state index in [0.29, 0.717) is 12.1 Å². The summed E-state index contributed by atoms with van der Waals surface area (Å²) in [4.78, 5) is 2.64. The summed E-state index contributed by atoms with van der Waals surface area (Å²) in [5, 5.41) is 3.62. The quantitative estimate of drug-likeness (QED) is 0.895. The number of benzene rings is 1. The summed E-state index contributed by atoms with van der Waals surface area (Å²) >= 11 is 0. The van der Waals surface area contributed by atoms with E-state index >= 15 is 0 Å². The minimum Gasteiger partial charge on any atom is -0.497 e. The van der Waals surface area contributed by atoms with E-state index in [1.807, 2.05) is 0 Å². The third-order valence-electron chi connectivity index (χ3n) is 4.73. The van der Waals surface area contributed by atoms with Crippen molar-refractivity contribution < 1.29 is 4.74 Å². The van der Waals surface area contributed by atoms with Gasteiger partial charge in [-0.2, -0.15) is 0 Å². The highest BCUT2D eigenvalue weighted by Gasteiger charge is 2.27. The number of hydrogen-bond donors (Lipinski definition) is 1. The van der Waals surface area contributed by atoms with Gasteiger partial charge >= 0.3 is 0 Å². The number of anilines is 1. The van der Waals surface area contributed by atoms with Crippen LogP contribution in [0.5, 0.6) is 5.75 Å². The van der Waals surface area contributed by atoms with Crippen LogP contribution in [-0.2, 0) is 6.54 Å². The molecule has 1 aromatic carbocycles. The van der Waals surface area contributed by atoms with E-state index in [1.165, 1.54) is 43.4 Å². The molecule has 110 valence electrons. The third kappa shape index (κ3) is 2.78. The molecule has 1 aliphatic heterocycles. The molecule has 20 heavy (non-hydrogen) atoms. The van der Waals surface area contributed by atoms with E-state index in [9.17, 15) is 0 Å². The normalized spacial score (nSPS) is 24.1. The topological polar surface area (TPSA) is 24.5 Å². The largest absolute Gasteiger partial charge is 0.497 e. The molecule has 1 N–H and O–H groups in total. The number of fused-ring (bicyclic) bond motifs is 1. The fourth-order valence-corrected chi connectivity index (χ4v) is 3.57. The van der Waals surface area contributed by atoms with Crippen LogP contribution in [-0.4, -0.2) is 25.7 Å². The van der Waals surface area contributed by atoms with Crippen LogP contribution in [0.15, 0.2) is 18.2 Å². The Kier molecular flexibility index (Phi) is 4.16. The van der Waals surface area contributed by atoms with Crippen molar-refractivity contribution in [2.75, 3.05) is 18.6 Å². The van der Waals surface area contributed by atoms with Gasteiger partial charge in [-0.15, -0.1) is 0 Å². The van der Waals surface area contributed by atoms with Gasteiger partial charge in [-0.1, -0.05) is 25.3 Å². The van der Waals surface area contributed by atoms with Gasteiger partial charge in [0.2, 0.25) is 0 Å². The van der Waals surface area contributed by atoms with Crippen LogP contribution in [0.4, 0.5) is 5.69 Å². The molecule has 0 bridgehead atoms. The lowest BCUT2D eigenvalue weighted by Crippen LogP contribution is -2.43. The first-order valence-electron chi connectivity index (χ1n) is 7.95. The molecule has 1 heterocycles. The number of ether oxygens (including phenoxy) is 1. The molecular formula is C17H26N2O. The summed E-state index contributed by atoms with van der Waals surface area (Å²) in [5.74, 6) is 0.971. The molecular weight excluding hydrogens is 248 g/mol. The second-order valence-electron chi connectivity index (χ2n) is 6.22. The van der Waals surface area contributed by atoms with Crippen molar-refractivity contribution in [3.8, 4) is 5.75 Å². The zero-order valence-corrected chi connectivity index (χ0v) is 12.7. The van der Waals surface area contributed by atoms with Gasteiger partial charge in [-0.05, 0) is 31.4 Å². The van der Waals surface area contributed by atoms with Gasteiger partial charge in [0.15, 0.2) is 0 Å². The zero-order valence-electron chi connectivity index (χ0n) is 12.7. The second kappa shape index (κ2) is 6.04. The lowest BCUT2D eigenvalue weighted by Gasteiger charge is -2.37. The molecule has 3 heteroatoms. The fourth-order valence-electron chi connectivity index (χ4n) is 3.57. The number of nitrogens with zero attached hydrogens (tertiary/aromatic N) is 1. The van der Waals surface area contributed by atoms with E-state index in [0.717, 1.165) is 18.8 Å². The highest BCUT2D eigenvalue weighted by molar-refractivity contribution is 5.59. The Morgan fingerprint density at radius 2 is 2.00 bits per heavy atom. The Balaban J connectivity index is 1.94. The van der Waals surface area contributed by atoms with Crippen molar-refractivity contribution in [1.82, 2.24) is 5.32 Å².